The number of rotatable bonds is 5. The van der Waals surface area contributed by atoms with Crippen LogP contribution in [0.15, 0.2) is 48.9 Å². The molecule has 2 aromatic heterocycles. The highest BCUT2D eigenvalue weighted by Gasteiger charge is 2.23. The first-order valence-corrected chi connectivity index (χ1v) is 7.97. The summed E-state index contributed by atoms with van der Waals surface area (Å²) in [4.78, 5) is 24.2. The number of carbonyl (C=O) groups is 2. The van der Waals surface area contributed by atoms with Gasteiger partial charge in [-0.15, -0.1) is 0 Å². The van der Waals surface area contributed by atoms with E-state index in [0.717, 1.165) is 18.2 Å². The van der Waals surface area contributed by atoms with Crippen LogP contribution in [0.5, 0.6) is 0 Å². The first-order chi connectivity index (χ1) is 12.9. The van der Waals surface area contributed by atoms with Gasteiger partial charge in [-0.25, -0.2) is 18.3 Å². The number of hydrogen-bond acceptors (Lipinski definition) is 4. The fourth-order valence-electron chi connectivity index (χ4n) is 2.59. The number of hydrogen-bond donors (Lipinski definition) is 1. The zero-order valence-corrected chi connectivity index (χ0v) is 14.5. The number of amides is 1. The fourth-order valence-corrected chi connectivity index (χ4v) is 2.59. The summed E-state index contributed by atoms with van der Waals surface area (Å²) in [7, 11) is 1.22. The summed E-state index contributed by atoms with van der Waals surface area (Å²) in [6.45, 7) is 1.48. The molecule has 0 unspecified atom stereocenters. The Kier molecular flexibility index (Phi) is 5.02. The van der Waals surface area contributed by atoms with Crippen molar-refractivity contribution in [2.24, 2.45) is 0 Å². The van der Waals surface area contributed by atoms with Gasteiger partial charge in [0.2, 0.25) is 0 Å². The molecule has 1 N–H and O–H groups in total. The Labute approximate surface area is 153 Å². The van der Waals surface area contributed by atoms with E-state index in [2.05, 4.69) is 15.2 Å². The largest absolute Gasteiger partial charge is 0.467 e. The maximum absolute atomic E-state index is 13.6. The molecule has 9 heteroatoms. The van der Waals surface area contributed by atoms with Crippen LogP contribution in [0.25, 0.3) is 11.5 Å². The maximum Gasteiger partial charge on any atom is 0.328 e. The minimum Gasteiger partial charge on any atom is -0.467 e. The predicted molar refractivity (Wildman–Crippen MR) is 91.8 cm³/mol. The minimum atomic E-state index is -0.880. The van der Waals surface area contributed by atoms with Crippen molar-refractivity contribution in [2.45, 2.75) is 13.0 Å². The fraction of sp³-hybridized carbons (Fsp3) is 0.167. The molecule has 0 saturated carbocycles. The first-order valence-electron chi connectivity index (χ1n) is 7.97. The Bertz CT molecular complexity index is 962. The lowest BCUT2D eigenvalue weighted by atomic mass is 10.2. The van der Waals surface area contributed by atoms with Gasteiger partial charge in [-0.05, 0) is 31.2 Å². The van der Waals surface area contributed by atoms with Crippen molar-refractivity contribution in [1.82, 2.24) is 19.7 Å². The third-order valence-corrected chi connectivity index (χ3v) is 3.83. The molecule has 0 aliphatic carbocycles. The van der Waals surface area contributed by atoms with Crippen molar-refractivity contribution >= 4 is 11.9 Å². The zero-order chi connectivity index (χ0) is 19.6. The molecule has 0 bridgehead atoms. The van der Waals surface area contributed by atoms with Gasteiger partial charge in [0.05, 0.1) is 19.0 Å². The van der Waals surface area contributed by atoms with Crippen molar-refractivity contribution in [1.29, 1.82) is 0 Å². The van der Waals surface area contributed by atoms with Gasteiger partial charge in [0.1, 0.15) is 23.2 Å². The molecule has 0 saturated heterocycles. The van der Waals surface area contributed by atoms with Crippen LogP contribution < -0.4 is 5.32 Å². The van der Waals surface area contributed by atoms with Crippen molar-refractivity contribution in [2.75, 3.05) is 7.11 Å². The van der Waals surface area contributed by atoms with E-state index in [-0.39, 0.29) is 17.1 Å². The summed E-state index contributed by atoms with van der Waals surface area (Å²) in [6.07, 6.45) is 4.57. The molecule has 7 nitrogen and oxygen atoms in total. The quantitative estimate of drug-likeness (QED) is 0.695. The van der Waals surface area contributed by atoms with Gasteiger partial charge < -0.3 is 14.6 Å². The first kappa shape index (κ1) is 18.3. The van der Waals surface area contributed by atoms with Gasteiger partial charge in [0, 0.05) is 18.5 Å². The summed E-state index contributed by atoms with van der Waals surface area (Å²) in [5.74, 6) is -2.47. The van der Waals surface area contributed by atoms with E-state index in [9.17, 15) is 18.4 Å². The highest BCUT2D eigenvalue weighted by molar-refractivity contribution is 5.99. The van der Waals surface area contributed by atoms with Crippen LogP contribution in [-0.2, 0) is 9.53 Å². The molecule has 0 fully saturated rings. The molecule has 0 spiro atoms. The third-order valence-electron chi connectivity index (χ3n) is 3.83. The van der Waals surface area contributed by atoms with Gasteiger partial charge in [0.15, 0.2) is 5.82 Å². The number of benzene rings is 1. The molecule has 27 heavy (non-hydrogen) atoms. The lowest BCUT2D eigenvalue weighted by Gasteiger charge is -2.13. The van der Waals surface area contributed by atoms with Crippen LogP contribution in [0.3, 0.4) is 0 Å². The SMILES string of the molecule is COC(=O)[C@H](C)NC(=O)c1cnn(-c2cc(F)cc(F)c2)c1-n1cccc1. The number of aromatic nitrogens is 3. The molecule has 3 aromatic rings. The van der Waals surface area contributed by atoms with Crippen molar-refractivity contribution in [3.8, 4) is 11.5 Å². The Balaban J connectivity index is 2.07. The molecule has 2 heterocycles. The Morgan fingerprint density at radius 1 is 1.15 bits per heavy atom. The van der Waals surface area contributed by atoms with E-state index in [0.29, 0.717) is 0 Å². The van der Waals surface area contributed by atoms with E-state index in [1.54, 1.807) is 29.1 Å². The number of halogens is 2. The maximum atomic E-state index is 13.6. The second-order valence-electron chi connectivity index (χ2n) is 5.73. The number of ether oxygens (including phenoxy) is 1. The molecule has 1 aromatic carbocycles. The highest BCUT2D eigenvalue weighted by atomic mass is 19.1. The topological polar surface area (TPSA) is 78.2 Å². The minimum absolute atomic E-state index is 0.108. The van der Waals surface area contributed by atoms with Crippen LogP contribution in [0.2, 0.25) is 0 Å². The Morgan fingerprint density at radius 3 is 2.37 bits per heavy atom. The van der Waals surface area contributed by atoms with E-state index >= 15 is 0 Å². The van der Waals surface area contributed by atoms with E-state index in [1.807, 2.05) is 0 Å². The lowest BCUT2D eigenvalue weighted by molar-refractivity contribution is -0.142. The molecule has 0 aliphatic rings. The van der Waals surface area contributed by atoms with Crippen LogP contribution in [0, 0.1) is 11.6 Å². The van der Waals surface area contributed by atoms with Crippen molar-refractivity contribution in [3.63, 3.8) is 0 Å². The molecule has 140 valence electrons. The van der Waals surface area contributed by atoms with Gasteiger partial charge >= 0.3 is 5.97 Å². The number of methoxy groups -OCH3 is 1. The molecule has 0 radical (unpaired) electrons. The summed E-state index contributed by atoms with van der Waals surface area (Å²) < 4.78 is 34.7. The highest BCUT2D eigenvalue weighted by Crippen LogP contribution is 2.21. The second-order valence-corrected chi connectivity index (χ2v) is 5.73. The van der Waals surface area contributed by atoms with Crippen LogP contribution in [0.1, 0.15) is 17.3 Å². The van der Waals surface area contributed by atoms with Crippen LogP contribution >= 0.6 is 0 Å². The smallest absolute Gasteiger partial charge is 0.328 e. The predicted octanol–water partition coefficient (Wildman–Crippen LogP) is 2.23. The van der Waals surface area contributed by atoms with Crippen molar-refractivity contribution < 1.29 is 23.1 Å². The van der Waals surface area contributed by atoms with Crippen LogP contribution in [0.4, 0.5) is 8.78 Å². The van der Waals surface area contributed by atoms with Gasteiger partial charge in [-0.1, -0.05) is 0 Å². The standard InChI is InChI=1S/C18H16F2N4O3/c1-11(18(26)27-2)22-16(25)15-10-21-24(17(15)23-5-3-4-6-23)14-8-12(19)7-13(20)9-14/h3-11H,1-2H3,(H,22,25)/t11-/m0/s1. The molecule has 0 aliphatic heterocycles. The zero-order valence-electron chi connectivity index (χ0n) is 14.5. The van der Waals surface area contributed by atoms with Gasteiger partial charge in [-0.3, -0.25) is 4.79 Å². The summed E-state index contributed by atoms with van der Waals surface area (Å²) in [6, 6.07) is 5.51. The summed E-state index contributed by atoms with van der Waals surface area (Å²) >= 11 is 0. The second kappa shape index (κ2) is 7.40. The van der Waals surface area contributed by atoms with Gasteiger partial charge in [-0.2, -0.15) is 5.10 Å². The normalized spacial score (nSPS) is 11.9. The average molecular weight is 374 g/mol. The number of esters is 1. The number of nitrogens with one attached hydrogen (secondary N) is 1. The van der Waals surface area contributed by atoms with Crippen LogP contribution in [-0.4, -0.2) is 39.4 Å². The Morgan fingerprint density at radius 2 is 1.78 bits per heavy atom. The summed E-state index contributed by atoms with van der Waals surface area (Å²) in [5, 5.41) is 6.61. The van der Waals surface area contributed by atoms with E-state index in [4.69, 9.17) is 0 Å². The average Bonchev–Trinajstić information content (AvgIpc) is 3.28. The molecular weight excluding hydrogens is 358 g/mol. The van der Waals surface area contributed by atoms with Crippen molar-refractivity contribution in [3.05, 3.63) is 66.1 Å². The molecular formula is C18H16F2N4O3. The number of nitrogens with zero attached hydrogens (tertiary/aromatic N) is 3. The summed E-state index contributed by atoms with van der Waals surface area (Å²) in [5.41, 5.74) is 0.225. The van der Waals surface area contributed by atoms with E-state index < -0.39 is 29.6 Å². The Hall–Kier alpha value is -3.49. The lowest BCUT2D eigenvalue weighted by Crippen LogP contribution is -2.39. The monoisotopic (exact) mass is 374 g/mol. The number of carbonyl (C=O) groups excluding carboxylic acids is 2. The van der Waals surface area contributed by atoms with Gasteiger partial charge in [0.25, 0.3) is 5.91 Å². The molecule has 1 amide bonds. The molecule has 1 atom stereocenters. The molecule has 3 rings (SSSR count). The van der Waals surface area contributed by atoms with E-state index in [1.165, 1.54) is 24.9 Å². The third kappa shape index (κ3) is 3.71.